The van der Waals surface area contributed by atoms with Crippen LogP contribution in [0.15, 0.2) is 34.8 Å². The van der Waals surface area contributed by atoms with E-state index in [1.54, 1.807) is 6.07 Å². The van der Waals surface area contributed by atoms with E-state index in [-0.39, 0.29) is 11.8 Å². The number of halogens is 5. The minimum Gasteiger partial charge on any atom is -0.349 e. The lowest BCUT2D eigenvalue weighted by atomic mass is 10.1. The van der Waals surface area contributed by atoms with Gasteiger partial charge in [-0.05, 0) is 56.7 Å². The Balaban J connectivity index is 2.70. The monoisotopic (exact) mass is 531 g/mol. The van der Waals surface area contributed by atoms with E-state index >= 15 is 0 Å². The van der Waals surface area contributed by atoms with Gasteiger partial charge >= 0.3 is 6.18 Å². The SMILES string of the molecule is O=[N+]([O-])c1cc([N+](=O)[O-])c(Nc2ccc(I)c(Br)c2)c(C(F)(F)F)c1. The first-order valence-electron chi connectivity index (χ1n) is 6.27. The van der Waals surface area contributed by atoms with Crippen LogP contribution >= 0.6 is 38.5 Å². The molecule has 0 aromatic heterocycles. The van der Waals surface area contributed by atoms with Gasteiger partial charge in [0.25, 0.3) is 11.4 Å². The number of rotatable bonds is 4. The maximum absolute atomic E-state index is 13.3. The highest BCUT2D eigenvalue weighted by Gasteiger charge is 2.39. The van der Waals surface area contributed by atoms with Gasteiger partial charge in [-0.25, -0.2) is 0 Å². The zero-order chi connectivity index (χ0) is 18.9. The van der Waals surface area contributed by atoms with Gasteiger partial charge in [-0.3, -0.25) is 20.2 Å². The molecule has 25 heavy (non-hydrogen) atoms. The molecular formula is C13H6BrF3IN3O4. The molecular weight excluding hydrogens is 526 g/mol. The maximum atomic E-state index is 13.3. The molecule has 0 aliphatic rings. The van der Waals surface area contributed by atoms with Crippen molar-refractivity contribution >= 4 is 61.3 Å². The van der Waals surface area contributed by atoms with Crippen molar-refractivity contribution in [1.29, 1.82) is 0 Å². The van der Waals surface area contributed by atoms with Crippen molar-refractivity contribution in [3.8, 4) is 0 Å². The molecule has 0 bridgehead atoms. The smallest absolute Gasteiger partial charge is 0.349 e. The summed E-state index contributed by atoms with van der Waals surface area (Å²) in [6.07, 6.45) is -5.03. The third-order valence-electron chi connectivity index (χ3n) is 3.00. The lowest BCUT2D eigenvalue weighted by Crippen LogP contribution is -2.12. The lowest BCUT2D eigenvalue weighted by molar-refractivity contribution is -0.394. The number of non-ortho nitro benzene ring substituents is 1. The number of nitrogens with one attached hydrogen (secondary N) is 1. The molecule has 0 aliphatic heterocycles. The summed E-state index contributed by atoms with van der Waals surface area (Å²) in [6.45, 7) is 0. The quantitative estimate of drug-likeness (QED) is 0.313. The molecule has 0 fully saturated rings. The van der Waals surface area contributed by atoms with Crippen LogP contribution in [0.25, 0.3) is 0 Å². The topological polar surface area (TPSA) is 98.3 Å². The van der Waals surface area contributed by atoms with Gasteiger partial charge in [-0.15, -0.1) is 0 Å². The molecule has 12 heteroatoms. The van der Waals surface area contributed by atoms with Gasteiger partial charge in [-0.2, -0.15) is 13.2 Å². The molecule has 0 heterocycles. The minimum absolute atomic E-state index is 0.148. The Kier molecular flexibility index (Phi) is 5.51. The van der Waals surface area contributed by atoms with Gasteiger partial charge < -0.3 is 5.32 Å². The van der Waals surface area contributed by atoms with E-state index in [2.05, 4.69) is 21.2 Å². The molecule has 0 unspecified atom stereocenters. The second-order valence-corrected chi connectivity index (χ2v) is 6.67. The van der Waals surface area contributed by atoms with Gasteiger partial charge in [0.05, 0.1) is 21.5 Å². The first-order chi connectivity index (χ1) is 11.5. The van der Waals surface area contributed by atoms with Crippen molar-refractivity contribution in [2.45, 2.75) is 6.18 Å². The molecule has 2 rings (SSSR count). The van der Waals surface area contributed by atoms with Crippen molar-refractivity contribution < 1.29 is 23.0 Å². The average molecular weight is 532 g/mol. The number of nitro groups is 2. The van der Waals surface area contributed by atoms with Gasteiger partial charge in [0.15, 0.2) is 0 Å². The second-order valence-electron chi connectivity index (χ2n) is 4.65. The normalized spacial score (nSPS) is 11.2. The minimum atomic E-state index is -5.03. The van der Waals surface area contributed by atoms with Crippen molar-refractivity contribution in [3.05, 3.63) is 64.2 Å². The zero-order valence-electron chi connectivity index (χ0n) is 11.8. The number of benzene rings is 2. The molecule has 0 atom stereocenters. The fraction of sp³-hybridized carbons (Fsp3) is 0.0769. The Labute approximate surface area is 159 Å². The highest BCUT2D eigenvalue weighted by molar-refractivity contribution is 14.1. The summed E-state index contributed by atoms with van der Waals surface area (Å²) in [5.74, 6) is 0. The van der Waals surface area contributed by atoms with E-state index in [1.807, 2.05) is 22.6 Å². The molecule has 2 aromatic rings. The van der Waals surface area contributed by atoms with Crippen LogP contribution in [0.4, 0.5) is 35.9 Å². The Morgan fingerprint density at radius 3 is 2.20 bits per heavy atom. The molecule has 132 valence electrons. The van der Waals surface area contributed by atoms with Gasteiger partial charge in [0.1, 0.15) is 5.69 Å². The largest absolute Gasteiger partial charge is 0.418 e. The van der Waals surface area contributed by atoms with Crippen molar-refractivity contribution in [2.24, 2.45) is 0 Å². The number of nitrogens with zero attached hydrogens (tertiary/aromatic N) is 2. The molecule has 2 aromatic carbocycles. The number of alkyl halides is 3. The van der Waals surface area contributed by atoms with E-state index < -0.39 is 38.6 Å². The van der Waals surface area contributed by atoms with Crippen LogP contribution in [-0.4, -0.2) is 9.85 Å². The number of nitro benzene ring substituents is 2. The van der Waals surface area contributed by atoms with Gasteiger partial charge in [0.2, 0.25) is 0 Å². The lowest BCUT2D eigenvalue weighted by Gasteiger charge is -2.15. The van der Waals surface area contributed by atoms with Crippen LogP contribution in [0.2, 0.25) is 0 Å². The molecule has 0 radical (unpaired) electrons. The van der Waals surface area contributed by atoms with Gasteiger partial charge in [0, 0.05) is 19.8 Å². The molecule has 0 spiro atoms. The summed E-state index contributed by atoms with van der Waals surface area (Å²) < 4.78 is 41.2. The predicted molar refractivity (Wildman–Crippen MR) is 94.9 cm³/mol. The molecule has 0 aliphatic carbocycles. The first kappa shape index (κ1) is 19.4. The molecule has 0 saturated carbocycles. The van der Waals surface area contributed by atoms with E-state index in [1.165, 1.54) is 12.1 Å². The summed E-state index contributed by atoms with van der Waals surface area (Å²) in [4.78, 5) is 19.7. The average Bonchev–Trinajstić information content (AvgIpc) is 2.49. The van der Waals surface area contributed by atoms with Crippen LogP contribution in [0.5, 0.6) is 0 Å². The van der Waals surface area contributed by atoms with Crippen molar-refractivity contribution in [2.75, 3.05) is 5.32 Å². The second kappa shape index (κ2) is 7.11. The highest BCUT2D eigenvalue weighted by Crippen LogP contribution is 2.43. The van der Waals surface area contributed by atoms with E-state index in [4.69, 9.17) is 0 Å². The molecule has 7 nitrogen and oxygen atoms in total. The Bertz CT molecular complexity index is 876. The van der Waals surface area contributed by atoms with E-state index in [0.29, 0.717) is 10.5 Å². The van der Waals surface area contributed by atoms with Crippen LogP contribution in [0.1, 0.15) is 5.56 Å². The van der Waals surface area contributed by atoms with Gasteiger partial charge in [-0.1, -0.05) is 0 Å². The number of anilines is 2. The first-order valence-corrected chi connectivity index (χ1v) is 8.14. The fourth-order valence-corrected chi connectivity index (χ4v) is 2.65. The number of hydrogen-bond donors (Lipinski definition) is 1. The fourth-order valence-electron chi connectivity index (χ4n) is 1.93. The van der Waals surface area contributed by atoms with E-state index in [0.717, 1.165) is 3.57 Å². The molecule has 0 saturated heterocycles. The summed E-state index contributed by atoms with van der Waals surface area (Å²) in [5.41, 5.74) is -4.28. The third-order valence-corrected chi connectivity index (χ3v) is 5.34. The maximum Gasteiger partial charge on any atom is 0.418 e. The zero-order valence-corrected chi connectivity index (χ0v) is 15.5. The predicted octanol–water partition coefficient (Wildman–Crippen LogP) is 5.63. The highest BCUT2D eigenvalue weighted by atomic mass is 127. The van der Waals surface area contributed by atoms with Crippen LogP contribution in [-0.2, 0) is 6.18 Å². The molecule has 0 amide bonds. The van der Waals surface area contributed by atoms with Crippen molar-refractivity contribution in [3.63, 3.8) is 0 Å². The summed E-state index contributed by atoms with van der Waals surface area (Å²) in [7, 11) is 0. The van der Waals surface area contributed by atoms with Crippen LogP contribution in [0.3, 0.4) is 0 Å². The van der Waals surface area contributed by atoms with Crippen LogP contribution < -0.4 is 5.32 Å². The summed E-state index contributed by atoms with van der Waals surface area (Å²) in [5, 5.41) is 24.3. The third kappa shape index (κ3) is 4.36. The Hall–Kier alpha value is -1.96. The molecule has 1 N–H and O–H groups in total. The Morgan fingerprint density at radius 2 is 1.72 bits per heavy atom. The van der Waals surface area contributed by atoms with Crippen molar-refractivity contribution in [1.82, 2.24) is 0 Å². The Morgan fingerprint density at radius 1 is 1.08 bits per heavy atom. The summed E-state index contributed by atoms with van der Waals surface area (Å²) >= 11 is 5.19. The standard InChI is InChI=1S/C13H6BrF3IN3O4/c14-9-3-6(1-2-10(9)18)19-12-8(13(15,16)17)4-7(20(22)23)5-11(12)21(24)25/h1-5,19H. The van der Waals surface area contributed by atoms with Crippen LogP contribution in [0, 0.1) is 23.8 Å². The summed E-state index contributed by atoms with van der Waals surface area (Å²) in [6, 6.07) is 5.19. The van der Waals surface area contributed by atoms with E-state index in [9.17, 15) is 33.4 Å². The number of hydrogen-bond acceptors (Lipinski definition) is 5.